The molecule has 1 aromatic carbocycles. The molecule has 2 aliphatic heterocycles. The number of fused-ring (bicyclic) bond motifs is 1. The lowest BCUT2D eigenvalue weighted by molar-refractivity contribution is -0.0310. The second-order valence-corrected chi connectivity index (χ2v) is 7.64. The quantitative estimate of drug-likeness (QED) is 0.346. The SMILES string of the molecule is C=C.C=C(OC)/C(F)=C1/Oc2c(cc(OCC3CCC(CCC)OC3)c(F)c2F)CC1=C. The monoisotopic (exact) mass is 452 g/mol. The minimum atomic E-state index is -1.23. The van der Waals surface area contributed by atoms with Gasteiger partial charge >= 0.3 is 0 Å². The zero-order valence-electron chi connectivity index (χ0n) is 18.8. The molecule has 0 aromatic heterocycles. The number of ether oxygens (including phenoxy) is 4. The van der Waals surface area contributed by atoms with E-state index in [4.69, 9.17) is 18.9 Å². The van der Waals surface area contributed by atoms with Crippen LogP contribution >= 0.6 is 0 Å². The fourth-order valence-corrected chi connectivity index (χ4v) is 3.63. The van der Waals surface area contributed by atoms with E-state index in [1.54, 1.807) is 0 Å². The third kappa shape index (κ3) is 5.76. The molecule has 0 amide bonds. The van der Waals surface area contributed by atoms with Gasteiger partial charge in [-0.25, -0.2) is 0 Å². The Hall–Kier alpha value is -2.67. The molecule has 0 aliphatic carbocycles. The van der Waals surface area contributed by atoms with Crippen molar-refractivity contribution in [3.05, 3.63) is 72.5 Å². The van der Waals surface area contributed by atoms with Crippen molar-refractivity contribution in [3.8, 4) is 11.5 Å². The van der Waals surface area contributed by atoms with Gasteiger partial charge in [-0.1, -0.05) is 26.5 Å². The van der Waals surface area contributed by atoms with Gasteiger partial charge in [0.05, 0.1) is 26.4 Å². The smallest absolute Gasteiger partial charge is 0.207 e. The predicted octanol–water partition coefficient (Wildman–Crippen LogP) is 6.57. The third-order valence-corrected chi connectivity index (χ3v) is 5.37. The molecule has 2 heterocycles. The average molecular weight is 453 g/mol. The van der Waals surface area contributed by atoms with Crippen LogP contribution < -0.4 is 9.47 Å². The van der Waals surface area contributed by atoms with Crippen LogP contribution in [0.5, 0.6) is 11.5 Å². The molecule has 1 aromatic rings. The van der Waals surface area contributed by atoms with E-state index in [0.29, 0.717) is 12.2 Å². The first-order valence-corrected chi connectivity index (χ1v) is 10.6. The van der Waals surface area contributed by atoms with E-state index < -0.39 is 17.5 Å². The Bertz CT molecular complexity index is 870. The number of hydrogen-bond acceptors (Lipinski definition) is 4. The maximum atomic E-state index is 14.7. The van der Waals surface area contributed by atoms with Crippen molar-refractivity contribution in [3.63, 3.8) is 0 Å². The highest BCUT2D eigenvalue weighted by molar-refractivity contribution is 5.52. The highest BCUT2D eigenvalue weighted by atomic mass is 19.2. The first-order valence-electron chi connectivity index (χ1n) is 10.6. The topological polar surface area (TPSA) is 36.9 Å². The van der Waals surface area contributed by atoms with Gasteiger partial charge in [0.2, 0.25) is 17.5 Å². The van der Waals surface area contributed by atoms with Crippen molar-refractivity contribution in [2.75, 3.05) is 20.3 Å². The van der Waals surface area contributed by atoms with E-state index >= 15 is 0 Å². The molecule has 3 rings (SSSR count). The summed E-state index contributed by atoms with van der Waals surface area (Å²) in [5.74, 6) is -4.39. The maximum Gasteiger partial charge on any atom is 0.207 e. The summed E-state index contributed by atoms with van der Waals surface area (Å²) in [7, 11) is 1.24. The fraction of sp³-hybridized carbons (Fsp3) is 0.440. The molecule has 2 unspecified atom stereocenters. The summed E-state index contributed by atoms with van der Waals surface area (Å²) >= 11 is 0. The molecule has 4 nitrogen and oxygen atoms in total. The Balaban J connectivity index is 0.00000176. The van der Waals surface area contributed by atoms with E-state index in [9.17, 15) is 13.2 Å². The standard InChI is InChI=1S/C23H27F3O4.C2H4/c1-5-6-17-8-7-15(11-28-17)12-29-18-10-16-9-13(2)22(19(24)14(3)27-4)30-23(16)21(26)20(18)25;1-2/h10,15,17H,2-3,5-9,11-12H2,1,4H3;1-2H2/b22-19-;. The van der Waals surface area contributed by atoms with Crippen molar-refractivity contribution < 1.29 is 32.1 Å². The normalized spacial score (nSPS) is 21.5. The van der Waals surface area contributed by atoms with E-state index in [1.165, 1.54) is 13.2 Å². The van der Waals surface area contributed by atoms with Crippen molar-refractivity contribution in [1.29, 1.82) is 0 Å². The summed E-state index contributed by atoms with van der Waals surface area (Å²) in [6, 6.07) is 1.38. The molecule has 176 valence electrons. The Morgan fingerprint density at radius 2 is 1.94 bits per heavy atom. The minimum absolute atomic E-state index is 0.0773. The molecule has 0 radical (unpaired) electrons. The summed E-state index contributed by atoms with van der Waals surface area (Å²) in [6.07, 6.45) is 4.29. The second kappa shape index (κ2) is 11.8. The zero-order valence-corrected chi connectivity index (χ0v) is 18.8. The summed E-state index contributed by atoms with van der Waals surface area (Å²) in [5.41, 5.74) is 0.592. The summed E-state index contributed by atoms with van der Waals surface area (Å²) < 4.78 is 65.0. The van der Waals surface area contributed by atoms with E-state index in [2.05, 4.69) is 33.2 Å². The number of allylic oxidation sites excluding steroid dienone is 2. The lowest BCUT2D eigenvalue weighted by Gasteiger charge is -2.29. The van der Waals surface area contributed by atoms with Gasteiger partial charge in [0.15, 0.2) is 23.0 Å². The molecule has 1 fully saturated rings. The van der Waals surface area contributed by atoms with Crippen LogP contribution in [0.2, 0.25) is 0 Å². The molecule has 0 N–H and O–H groups in total. The molecule has 1 saturated heterocycles. The van der Waals surface area contributed by atoms with Gasteiger partial charge in [-0.05, 0) is 30.9 Å². The van der Waals surface area contributed by atoms with Crippen LogP contribution in [0.3, 0.4) is 0 Å². The van der Waals surface area contributed by atoms with Gasteiger partial charge in [-0.3, -0.25) is 0 Å². The van der Waals surface area contributed by atoms with Crippen molar-refractivity contribution >= 4 is 0 Å². The third-order valence-electron chi connectivity index (χ3n) is 5.37. The largest absolute Gasteiger partial charge is 0.494 e. The first-order chi connectivity index (χ1) is 15.3. The summed E-state index contributed by atoms with van der Waals surface area (Å²) in [5, 5.41) is 0. The van der Waals surface area contributed by atoms with Gasteiger partial charge in [0, 0.05) is 17.9 Å². The van der Waals surface area contributed by atoms with Crippen molar-refractivity contribution in [2.45, 2.75) is 45.1 Å². The van der Waals surface area contributed by atoms with E-state index in [1.807, 2.05) is 0 Å². The molecular weight excluding hydrogens is 421 g/mol. The first kappa shape index (κ1) is 25.6. The summed E-state index contributed by atoms with van der Waals surface area (Å²) in [4.78, 5) is 0. The van der Waals surface area contributed by atoms with Crippen LogP contribution in [-0.4, -0.2) is 26.4 Å². The summed E-state index contributed by atoms with van der Waals surface area (Å²) in [6.45, 7) is 16.0. The number of halogens is 3. The molecule has 2 aliphatic rings. The average Bonchev–Trinajstić information content (AvgIpc) is 2.81. The molecular formula is C25H31F3O4. The number of benzene rings is 1. The molecule has 2 atom stereocenters. The van der Waals surface area contributed by atoms with Crippen LogP contribution in [0.25, 0.3) is 0 Å². The molecule has 7 heteroatoms. The number of rotatable bonds is 7. The molecule has 0 spiro atoms. The second-order valence-electron chi connectivity index (χ2n) is 7.64. The Kier molecular flexibility index (Phi) is 9.44. The predicted molar refractivity (Wildman–Crippen MR) is 118 cm³/mol. The fourth-order valence-electron chi connectivity index (χ4n) is 3.63. The van der Waals surface area contributed by atoms with Crippen LogP contribution in [0, 0.1) is 17.6 Å². The number of methoxy groups -OCH3 is 1. The van der Waals surface area contributed by atoms with Crippen molar-refractivity contribution in [2.24, 2.45) is 5.92 Å². The zero-order chi connectivity index (χ0) is 23.8. The Labute approximate surface area is 188 Å². The highest BCUT2D eigenvalue weighted by Crippen LogP contribution is 2.41. The van der Waals surface area contributed by atoms with E-state index in [0.717, 1.165) is 25.7 Å². The van der Waals surface area contributed by atoms with Gasteiger partial charge < -0.3 is 18.9 Å². The Morgan fingerprint density at radius 3 is 2.53 bits per heavy atom. The van der Waals surface area contributed by atoms with Gasteiger partial charge in [0.25, 0.3) is 0 Å². The van der Waals surface area contributed by atoms with Crippen molar-refractivity contribution in [1.82, 2.24) is 0 Å². The van der Waals surface area contributed by atoms with Gasteiger partial charge in [-0.15, -0.1) is 13.2 Å². The van der Waals surface area contributed by atoms with E-state index in [-0.39, 0.29) is 53.6 Å². The molecule has 0 saturated carbocycles. The minimum Gasteiger partial charge on any atom is -0.494 e. The number of hydrogen-bond donors (Lipinski definition) is 0. The van der Waals surface area contributed by atoms with Gasteiger partial charge in [-0.2, -0.15) is 13.2 Å². The van der Waals surface area contributed by atoms with Crippen LogP contribution in [-0.2, 0) is 15.9 Å². The Morgan fingerprint density at radius 1 is 1.22 bits per heavy atom. The van der Waals surface area contributed by atoms with Crippen LogP contribution in [0.15, 0.2) is 55.3 Å². The highest BCUT2D eigenvalue weighted by Gasteiger charge is 2.30. The van der Waals surface area contributed by atoms with Crippen LogP contribution in [0.1, 0.15) is 38.2 Å². The molecule has 32 heavy (non-hydrogen) atoms. The lowest BCUT2D eigenvalue weighted by atomic mass is 9.97. The van der Waals surface area contributed by atoms with Crippen LogP contribution in [0.4, 0.5) is 13.2 Å². The van der Waals surface area contributed by atoms with Gasteiger partial charge in [0.1, 0.15) is 0 Å². The lowest BCUT2D eigenvalue weighted by Crippen LogP contribution is -2.29. The maximum absolute atomic E-state index is 14.7. The molecule has 0 bridgehead atoms.